The molecule has 0 amide bonds. The maximum atomic E-state index is 13.9. The number of alkyl halides is 1. The highest BCUT2D eigenvalue weighted by Crippen LogP contribution is 2.39. The Morgan fingerprint density at radius 3 is 2.86 bits per heavy atom. The van der Waals surface area contributed by atoms with Crippen molar-refractivity contribution in [1.82, 2.24) is 24.5 Å². The van der Waals surface area contributed by atoms with E-state index in [0.29, 0.717) is 19.0 Å². The lowest BCUT2D eigenvalue weighted by molar-refractivity contribution is 0.258. The van der Waals surface area contributed by atoms with E-state index in [1.54, 1.807) is 18.5 Å². The first-order chi connectivity index (χ1) is 18.2. The van der Waals surface area contributed by atoms with Crippen molar-refractivity contribution in [2.24, 2.45) is 0 Å². The number of halogens is 1. The van der Waals surface area contributed by atoms with Crippen LogP contribution in [0.2, 0.25) is 0 Å². The monoisotopic (exact) mass is 496 g/mol. The predicted molar refractivity (Wildman–Crippen MR) is 143 cm³/mol. The zero-order chi connectivity index (χ0) is 25.2. The molecule has 2 atom stereocenters. The summed E-state index contributed by atoms with van der Waals surface area (Å²) in [4.78, 5) is 18.7. The van der Waals surface area contributed by atoms with Crippen molar-refractivity contribution >= 4 is 22.4 Å². The fourth-order valence-electron chi connectivity index (χ4n) is 5.04. The molecule has 1 aliphatic carbocycles. The number of benzene rings is 1. The van der Waals surface area contributed by atoms with Crippen molar-refractivity contribution in [2.75, 3.05) is 18.5 Å². The molecule has 188 valence electrons. The average Bonchev–Trinajstić information content (AvgIpc) is 3.51. The van der Waals surface area contributed by atoms with Crippen molar-refractivity contribution < 1.29 is 9.13 Å². The molecule has 0 bridgehead atoms. The van der Waals surface area contributed by atoms with Crippen LogP contribution in [0.3, 0.4) is 0 Å². The molecule has 0 radical (unpaired) electrons. The van der Waals surface area contributed by atoms with E-state index in [0.717, 1.165) is 70.9 Å². The summed E-state index contributed by atoms with van der Waals surface area (Å²) < 4.78 is 22.5. The van der Waals surface area contributed by atoms with E-state index in [2.05, 4.69) is 26.8 Å². The van der Waals surface area contributed by atoms with Crippen molar-refractivity contribution in [3.05, 3.63) is 78.5 Å². The lowest BCUT2D eigenvalue weighted by atomic mass is 10.0. The fourth-order valence-corrected chi connectivity index (χ4v) is 5.04. The molecule has 4 aromatic rings. The summed E-state index contributed by atoms with van der Waals surface area (Å²) in [5.41, 5.74) is 4.38. The van der Waals surface area contributed by atoms with E-state index in [1.165, 1.54) is 0 Å². The number of fused-ring (bicyclic) bond motifs is 2. The van der Waals surface area contributed by atoms with Gasteiger partial charge in [-0.3, -0.25) is 4.98 Å². The van der Waals surface area contributed by atoms with Crippen LogP contribution in [0, 0.1) is 0 Å². The van der Waals surface area contributed by atoms with Gasteiger partial charge in [-0.2, -0.15) is 0 Å². The lowest BCUT2D eigenvalue weighted by Gasteiger charge is -2.19. The Morgan fingerprint density at radius 1 is 1.11 bits per heavy atom. The van der Waals surface area contributed by atoms with Crippen LogP contribution in [-0.2, 0) is 6.42 Å². The van der Waals surface area contributed by atoms with Gasteiger partial charge in [-0.15, -0.1) is 0 Å². The van der Waals surface area contributed by atoms with Crippen molar-refractivity contribution in [2.45, 2.75) is 44.8 Å². The molecular formula is C29H29FN6O. The van der Waals surface area contributed by atoms with Gasteiger partial charge in [0.05, 0.1) is 28.6 Å². The molecule has 3 aromatic heterocycles. The summed E-state index contributed by atoms with van der Waals surface area (Å²) in [6.45, 7) is 3.40. The van der Waals surface area contributed by atoms with Crippen molar-refractivity contribution in [1.29, 1.82) is 0 Å². The molecule has 4 heterocycles. The maximum Gasteiger partial charge on any atom is 0.223 e. The minimum Gasteiger partial charge on any atom is -0.491 e. The second kappa shape index (κ2) is 10.1. The maximum absolute atomic E-state index is 13.9. The Morgan fingerprint density at radius 2 is 2.00 bits per heavy atom. The Bertz CT molecular complexity index is 1490. The van der Waals surface area contributed by atoms with Gasteiger partial charge in [-0.05, 0) is 48.8 Å². The van der Waals surface area contributed by atoms with Crippen LogP contribution in [0.25, 0.3) is 27.9 Å². The largest absolute Gasteiger partial charge is 0.491 e. The molecule has 8 heteroatoms. The van der Waals surface area contributed by atoms with Gasteiger partial charge in [0.1, 0.15) is 24.4 Å². The normalized spacial score (nSPS) is 18.6. The van der Waals surface area contributed by atoms with Gasteiger partial charge in [0, 0.05) is 37.2 Å². The van der Waals surface area contributed by atoms with E-state index < -0.39 is 6.17 Å². The quantitative estimate of drug-likeness (QED) is 0.324. The van der Waals surface area contributed by atoms with Crippen LogP contribution in [-0.4, -0.2) is 43.8 Å². The molecule has 0 saturated heterocycles. The predicted octanol–water partition coefficient (Wildman–Crippen LogP) is 5.96. The van der Waals surface area contributed by atoms with Crippen LogP contribution in [0.5, 0.6) is 5.75 Å². The first-order valence-electron chi connectivity index (χ1n) is 12.9. The van der Waals surface area contributed by atoms with E-state index in [1.807, 2.05) is 48.6 Å². The SMILES string of the molecule is CCCNc1nccc(-c2c(C3=CCC(F)C=C3)nc3n2C(COc2ccnc4ccccc24)CC3)n1. The first kappa shape index (κ1) is 23.3. The molecular weight excluding hydrogens is 467 g/mol. The number of hydrogen-bond donors (Lipinski definition) is 1. The Balaban J connectivity index is 1.38. The number of ether oxygens (including phenoxy) is 1. The second-order valence-corrected chi connectivity index (χ2v) is 9.39. The third-order valence-electron chi connectivity index (χ3n) is 6.84. The number of para-hydroxylation sites is 1. The molecule has 37 heavy (non-hydrogen) atoms. The third-order valence-corrected chi connectivity index (χ3v) is 6.84. The molecule has 1 aromatic carbocycles. The highest BCUT2D eigenvalue weighted by molar-refractivity contribution is 5.85. The minimum atomic E-state index is -0.957. The number of pyridine rings is 1. The zero-order valence-corrected chi connectivity index (χ0v) is 20.8. The molecule has 2 aliphatic rings. The van der Waals surface area contributed by atoms with E-state index in [9.17, 15) is 4.39 Å². The van der Waals surface area contributed by atoms with Crippen LogP contribution >= 0.6 is 0 Å². The number of imidazole rings is 1. The molecule has 0 spiro atoms. The van der Waals surface area contributed by atoms with Gasteiger partial charge in [0.2, 0.25) is 5.95 Å². The number of allylic oxidation sites excluding steroid dienone is 4. The summed E-state index contributed by atoms with van der Waals surface area (Å²) in [6.07, 6.45) is 11.1. The summed E-state index contributed by atoms with van der Waals surface area (Å²) in [5.74, 6) is 2.41. The number of aryl methyl sites for hydroxylation is 1. The molecule has 6 rings (SSSR count). The highest BCUT2D eigenvalue weighted by Gasteiger charge is 2.32. The Kier molecular flexibility index (Phi) is 6.39. The van der Waals surface area contributed by atoms with E-state index in [4.69, 9.17) is 14.7 Å². The molecule has 7 nitrogen and oxygen atoms in total. The van der Waals surface area contributed by atoms with Gasteiger partial charge in [-0.1, -0.05) is 31.2 Å². The Labute approximate surface area is 215 Å². The lowest BCUT2D eigenvalue weighted by Crippen LogP contribution is -2.16. The van der Waals surface area contributed by atoms with Crippen LogP contribution < -0.4 is 10.1 Å². The number of aromatic nitrogens is 5. The van der Waals surface area contributed by atoms with Crippen LogP contribution in [0.4, 0.5) is 10.3 Å². The summed E-state index contributed by atoms with van der Waals surface area (Å²) in [5, 5.41) is 4.28. The first-order valence-corrected chi connectivity index (χ1v) is 12.9. The molecule has 0 saturated carbocycles. The van der Waals surface area contributed by atoms with Gasteiger partial charge in [0.25, 0.3) is 0 Å². The number of rotatable bonds is 8. The minimum absolute atomic E-state index is 0.0855. The third kappa shape index (κ3) is 4.59. The molecule has 0 fully saturated rings. The van der Waals surface area contributed by atoms with E-state index in [-0.39, 0.29) is 6.04 Å². The average molecular weight is 497 g/mol. The highest BCUT2D eigenvalue weighted by atomic mass is 19.1. The summed E-state index contributed by atoms with van der Waals surface area (Å²) >= 11 is 0. The van der Waals surface area contributed by atoms with Crippen LogP contribution in [0.1, 0.15) is 43.7 Å². The second-order valence-electron chi connectivity index (χ2n) is 9.39. The number of nitrogens with one attached hydrogen (secondary N) is 1. The summed E-state index contributed by atoms with van der Waals surface area (Å²) in [6, 6.07) is 11.9. The van der Waals surface area contributed by atoms with Gasteiger partial charge < -0.3 is 14.6 Å². The summed E-state index contributed by atoms with van der Waals surface area (Å²) in [7, 11) is 0. The Hall–Kier alpha value is -4.07. The van der Waals surface area contributed by atoms with Crippen molar-refractivity contribution in [3.63, 3.8) is 0 Å². The topological polar surface area (TPSA) is 77.8 Å². The molecule has 1 N–H and O–H groups in total. The number of nitrogens with zero attached hydrogens (tertiary/aromatic N) is 5. The number of hydrogen-bond acceptors (Lipinski definition) is 6. The molecule has 2 unspecified atom stereocenters. The van der Waals surface area contributed by atoms with Crippen LogP contribution in [0.15, 0.2) is 67.0 Å². The fraction of sp³-hybridized carbons (Fsp3) is 0.310. The van der Waals surface area contributed by atoms with Gasteiger partial charge in [0.15, 0.2) is 0 Å². The van der Waals surface area contributed by atoms with Gasteiger partial charge in [-0.25, -0.2) is 19.3 Å². The van der Waals surface area contributed by atoms with Crippen molar-refractivity contribution in [3.8, 4) is 17.1 Å². The molecule has 1 aliphatic heterocycles. The smallest absolute Gasteiger partial charge is 0.223 e. The number of anilines is 1. The van der Waals surface area contributed by atoms with Gasteiger partial charge >= 0.3 is 0 Å². The zero-order valence-electron chi connectivity index (χ0n) is 20.8. The van der Waals surface area contributed by atoms with E-state index >= 15 is 0 Å². The standard InChI is InChI=1S/C29H29FN6O/c1-2-15-32-29-33-16-13-24(34-29)28-27(19-7-9-20(30)10-8-19)35-26-12-11-21(36(26)28)18-37-25-14-17-31-23-6-4-3-5-22(23)25/h3-9,13-14,16-17,20-21H,2,10-12,15,18H2,1H3,(H,32,33,34).